The van der Waals surface area contributed by atoms with Gasteiger partial charge < -0.3 is 14.7 Å². The zero-order valence-electron chi connectivity index (χ0n) is 13.0. The van der Waals surface area contributed by atoms with Crippen LogP contribution in [0, 0.1) is 20.8 Å². The third-order valence-electron chi connectivity index (χ3n) is 4.11. The molecule has 3 nitrogen and oxygen atoms in total. The van der Waals surface area contributed by atoms with E-state index >= 15 is 0 Å². The summed E-state index contributed by atoms with van der Waals surface area (Å²) in [7, 11) is 0. The van der Waals surface area contributed by atoms with E-state index in [1.807, 2.05) is 0 Å². The van der Waals surface area contributed by atoms with Crippen molar-refractivity contribution in [1.82, 2.24) is 0 Å². The third kappa shape index (κ3) is 4.22. The number of piperidine rings is 1. The van der Waals surface area contributed by atoms with Crippen LogP contribution in [0.5, 0.6) is 5.75 Å². The maximum absolute atomic E-state index is 10.2. The molecular weight excluding hydrogens is 250 g/mol. The summed E-state index contributed by atoms with van der Waals surface area (Å²) < 4.78 is 5.86. The molecule has 0 spiro atoms. The summed E-state index contributed by atoms with van der Waals surface area (Å²) in [5.41, 5.74) is 3.56. The molecule has 0 amide bonds. The molecule has 112 valence electrons. The molecule has 1 atom stereocenters. The van der Waals surface area contributed by atoms with Gasteiger partial charge in [0.2, 0.25) is 0 Å². The van der Waals surface area contributed by atoms with Crippen molar-refractivity contribution in [3.8, 4) is 5.75 Å². The minimum Gasteiger partial charge on any atom is -0.490 e. The molecule has 1 saturated heterocycles. The molecule has 1 fully saturated rings. The lowest BCUT2D eigenvalue weighted by Gasteiger charge is -2.26. The van der Waals surface area contributed by atoms with Crippen molar-refractivity contribution >= 4 is 0 Å². The molecular formula is C17H28NO2+. The summed E-state index contributed by atoms with van der Waals surface area (Å²) in [6, 6.07) is 4.26. The first-order valence-corrected chi connectivity index (χ1v) is 7.78. The highest BCUT2D eigenvalue weighted by Gasteiger charge is 2.18. The molecule has 1 aliphatic rings. The Morgan fingerprint density at radius 3 is 2.30 bits per heavy atom. The summed E-state index contributed by atoms with van der Waals surface area (Å²) in [4.78, 5) is 1.52. The summed E-state index contributed by atoms with van der Waals surface area (Å²) in [5, 5.41) is 10.2. The molecule has 20 heavy (non-hydrogen) atoms. The van der Waals surface area contributed by atoms with Crippen LogP contribution >= 0.6 is 0 Å². The minimum absolute atomic E-state index is 0.372. The van der Waals surface area contributed by atoms with Crippen molar-refractivity contribution < 1.29 is 14.7 Å². The second-order valence-electron chi connectivity index (χ2n) is 6.21. The molecule has 2 N–H and O–H groups in total. The first-order valence-electron chi connectivity index (χ1n) is 7.78. The van der Waals surface area contributed by atoms with Crippen molar-refractivity contribution in [2.24, 2.45) is 0 Å². The van der Waals surface area contributed by atoms with Crippen molar-refractivity contribution in [2.75, 3.05) is 26.2 Å². The van der Waals surface area contributed by atoms with E-state index in [1.54, 1.807) is 0 Å². The number of aryl methyl sites for hydroxylation is 3. The van der Waals surface area contributed by atoms with Crippen molar-refractivity contribution in [3.05, 3.63) is 28.8 Å². The number of ether oxygens (including phenoxy) is 1. The van der Waals surface area contributed by atoms with Crippen LogP contribution in [0.3, 0.4) is 0 Å². The van der Waals surface area contributed by atoms with Crippen LogP contribution < -0.4 is 9.64 Å². The van der Waals surface area contributed by atoms with Gasteiger partial charge in [0.15, 0.2) is 0 Å². The Hall–Kier alpha value is -1.06. The predicted octanol–water partition coefficient (Wildman–Crippen LogP) is 1.42. The second kappa shape index (κ2) is 7.09. The number of aliphatic hydroxyl groups is 1. The normalized spacial score (nSPS) is 18.0. The molecule has 1 aliphatic heterocycles. The lowest BCUT2D eigenvalue weighted by molar-refractivity contribution is -0.908. The zero-order valence-corrected chi connectivity index (χ0v) is 13.0. The Bertz CT molecular complexity index is 416. The van der Waals surface area contributed by atoms with Gasteiger partial charge in [-0.05, 0) is 51.2 Å². The molecule has 0 unspecified atom stereocenters. The first-order chi connectivity index (χ1) is 9.56. The van der Waals surface area contributed by atoms with Gasteiger partial charge in [0, 0.05) is 0 Å². The Kier molecular flexibility index (Phi) is 5.44. The number of quaternary nitrogens is 1. The monoisotopic (exact) mass is 278 g/mol. The largest absolute Gasteiger partial charge is 0.490 e. The Balaban J connectivity index is 1.85. The van der Waals surface area contributed by atoms with Crippen LogP contribution in [0.1, 0.15) is 36.0 Å². The summed E-state index contributed by atoms with van der Waals surface area (Å²) in [6.45, 7) is 9.82. The van der Waals surface area contributed by atoms with Crippen LogP contribution in [0.4, 0.5) is 0 Å². The van der Waals surface area contributed by atoms with Gasteiger partial charge in [0.05, 0.1) is 13.1 Å². The fourth-order valence-electron chi connectivity index (χ4n) is 3.22. The van der Waals surface area contributed by atoms with E-state index < -0.39 is 0 Å². The highest BCUT2D eigenvalue weighted by molar-refractivity contribution is 5.42. The maximum atomic E-state index is 10.2. The SMILES string of the molecule is Cc1cc(C)c(OC[C@H](O)C[NH+]2CCCCC2)c(C)c1. The second-order valence-corrected chi connectivity index (χ2v) is 6.21. The zero-order chi connectivity index (χ0) is 14.5. The van der Waals surface area contributed by atoms with E-state index in [1.165, 1.54) is 42.8 Å². The number of hydrogen-bond acceptors (Lipinski definition) is 2. The lowest BCUT2D eigenvalue weighted by Crippen LogP contribution is -3.14. The highest BCUT2D eigenvalue weighted by Crippen LogP contribution is 2.24. The fraction of sp³-hybridized carbons (Fsp3) is 0.647. The average Bonchev–Trinajstić information content (AvgIpc) is 2.38. The van der Waals surface area contributed by atoms with E-state index in [9.17, 15) is 5.11 Å². The molecule has 0 radical (unpaired) electrons. The van der Waals surface area contributed by atoms with Crippen molar-refractivity contribution in [3.63, 3.8) is 0 Å². The van der Waals surface area contributed by atoms with Gasteiger partial charge in [0.1, 0.15) is 25.0 Å². The Morgan fingerprint density at radius 1 is 1.10 bits per heavy atom. The predicted molar refractivity (Wildman–Crippen MR) is 81.6 cm³/mol. The van der Waals surface area contributed by atoms with E-state index in [4.69, 9.17) is 4.74 Å². The van der Waals surface area contributed by atoms with Crippen LogP contribution in [-0.2, 0) is 0 Å². The Labute approximate surface area is 122 Å². The molecule has 0 aliphatic carbocycles. The van der Waals surface area contributed by atoms with Crippen molar-refractivity contribution in [1.29, 1.82) is 0 Å². The number of nitrogens with one attached hydrogen (secondary N) is 1. The fourth-order valence-corrected chi connectivity index (χ4v) is 3.22. The number of hydrogen-bond donors (Lipinski definition) is 2. The lowest BCUT2D eigenvalue weighted by atomic mass is 10.1. The summed E-state index contributed by atoms with van der Waals surface area (Å²) in [6.07, 6.45) is 3.55. The van der Waals surface area contributed by atoms with Crippen molar-refractivity contribution in [2.45, 2.75) is 46.1 Å². The van der Waals surface area contributed by atoms with Gasteiger partial charge in [-0.25, -0.2) is 0 Å². The van der Waals surface area contributed by atoms with Gasteiger partial charge in [0.25, 0.3) is 0 Å². The van der Waals surface area contributed by atoms with E-state index in [-0.39, 0.29) is 6.10 Å². The van der Waals surface area contributed by atoms with Crippen LogP contribution in [0.2, 0.25) is 0 Å². The molecule has 0 saturated carbocycles. The topological polar surface area (TPSA) is 33.9 Å². The standard InChI is InChI=1S/C17H27NO2/c1-13-9-14(2)17(15(3)10-13)20-12-16(19)11-18-7-5-4-6-8-18/h9-10,16,19H,4-8,11-12H2,1-3H3/p+1/t16-/m1/s1. The average molecular weight is 278 g/mol. The quantitative estimate of drug-likeness (QED) is 0.854. The van der Waals surface area contributed by atoms with Gasteiger partial charge in [-0.3, -0.25) is 0 Å². The molecule has 3 heteroatoms. The van der Waals surface area contributed by atoms with E-state index in [0.717, 1.165) is 23.4 Å². The van der Waals surface area contributed by atoms with Gasteiger partial charge in [-0.15, -0.1) is 0 Å². The smallest absolute Gasteiger partial charge is 0.137 e. The number of rotatable bonds is 5. The number of aliphatic hydroxyl groups excluding tert-OH is 1. The van der Waals surface area contributed by atoms with Crippen LogP contribution in [0.25, 0.3) is 0 Å². The van der Waals surface area contributed by atoms with Gasteiger partial charge in [-0.2, -0.15) is 0 Å². The molecule has 1 heterocycles. The minimum atomic E-state index is -0.372. The van der Waals surface area contributed by atoms with Crippen LogP contribution in [-0.4, -0.2) is 37.5 Å². The maximum Gasteiger partial charge on any atom is 0.137 e. The van der Waals surface area contributed by atoms with Gasteiger partial charge in [-0.1, -0.05) is 17.7 Å². The molecule has 1 aromatic rings. The third-order valence-corrected chi connectivity index (χ3v) is 4.11. The summed E-state index contributed by atoms with van der Waals surface area (Å²) >= 11 is 0. The molecule has 0 aromatic heterocycles. The highest BCUT2D eigenvalue weighted by atomic mass is 16.5. The molecule has 1 aromatic carbocycles. The first kappa shape index (κ1) is 15.3. The molecule has 0 bridgehead atoms. The number of benzene rings is 1. The number of likely N-dealkylation sites (tertiary alicyclic amines) is 1. The van der Waals surface area contributed by atoms with E-state index in [2.05, 4.69) is 32.9 Å². The molecule has 2 rings (SSSR count). The summed E-state index contributed by atoms with van der Waals surface area (Å²) in [5.74, 6) is 0.934. The Morgan fingerprint density at radius 2 is 1.70 bits per heavy atom. The van der Waals surface area contributed by atoms with E-state index in [0.29, 0.717) is 6.61 Å². The van der Waals surface area contributed by atoms with Gasteiger partial charge >= 0.3 is 0 Å². The van der Waals surface area contributed by atoms with Crippen LogP contribution in [0.15, 0.2) is 12.1 Å².